The van der Waals surface area contributed by atoms with Crippen LogP contribution in [0.2, 0.25) is 0 Å². The topological polar surface area (TPSA) is 24.7 Å². The number of amidine groups is 1. The van der Waals surface area contributed by atoms with Crippen LogP contribution < -0.4 is 0 Å². The van der Waals surface area contributed by atoms with E-state index in [0.717, 1.165) is 66.6 Å². The summed E-state index contributed by atoms with van der Waals surface area (Å²) in [6.07, 6.45) is 21.6. The molecular formula is C55H50N2. The van der Waals surface area contributed by atoms with Crippen LogP contribution in [0.15, 0.2) is 180 Å². The van der Waals surface area contributed by atoms with Gasteiger partial charge in [-0.15, -0.1) is 0 Å². The summed E-state index contributed by atoms with van der Waals surface area (Å²) >= 11 is 0. The van der Waals surface area contributed by atoms with E-state index < -0.39 is 0 Å². The molecule has 280 valence electrons. The number of aryl methyl sites for hydroxylation is 1. The van der Waals surface area contributed by atoms with E-state index >= 15 is 0 Å². The van der Waals surface area contributed by atoms with Gasteiger partial charge >= 0.3 is 0 Å². The first kappa shape index (κ1) is 36.5. The average Bonchev–Trinajstić information content (AvgIpc) is 3.29. The van der Waals surface area contributed by atoms with Crippen LogP contribution in [0.5, 0.6) is 0 Å². The van der Waals surface area contributed by atoms with Gasteiger partial charge in [0.05, 0.1) is 5.70 Å². The highest BCUT2D eigenvalue weighted by molar-refractivity contribution is 6.17. The van der Waals surface area contributed by atoms with Crippen molar-refractivity contribution in [2.75, 3.05) is 0 Å². The molecule has 0 aliphatic heterocycles. The zero-order valence-corrected chi connectivity index (χ0v) is 33.1. The van der Waals surface area contributed by atoms with Crippen LogP contribution in [0, 0.1) is 0 Å². The lowest BCUT2D eigenvalue weighted by molar-refractivity contribution is 0.346. The molecule has 2 heteroatoms. The number of aliphatic imine (C=N–C) groups is 2. The SMILES string of the molecule is C=C(N=C(N=C(C)c1cccc2ccccc12)C1=CCCC=C1)c1ccc(C2(c3ccc(-c4cccc(-c5cccc6c5C=CCC6)c4)cc3)CCCCC2)cc1. The smallest absolute Gasteiger partial charge is 0.159 e. The molecule has 0 N–H and O–H groups in total. The van der Waals surface area contributed by atoms with E-state index in [9.17, 15) is 0 Å². The molecule has 0 unspecified atom stereocenters. The molecule has 57 heavy (non-hydrogen) atoms. The number of benzene rings is 6. The summed E-state index contributed by atoms with van der Waals surface area (Å²) in [5, 5.41) is 2.41. The molecule has 0 aromatic heterocycles. The second-order valence-corrected chi connectivity index (χ2v) is 15.9. The summed E-state index contributed by atoms with van der Waals surface area (Å²) in [7, 11) is 0. The standard InChI is InChI=1S/C55H50N2/c1-39(56-54(45-18-5-3-6-19-45)57-40(2)50-26-14-20-43-16-7-9-24-51(43)50)41-28-32-48(33-29-41)55(36-11-4-12-37-55)49-34-30-42(31-35-49)46-22-13-23-47(38-46)53-27-15-21-44-17-8-10-25-52(44)53/h5,7,9-10,13-16,18-35,38H,1,3-4,6,8,11-12,17,36-37H2,2H3. The first-order chi connectivity index (χ1) is 28.1. The Morgan fingerprint density at radius 3 is 2.14 bits per heavy atom. The van der Waals surface area contributed by atoms with Crippen molar-refractivity contribution in [2.45, 2.75) is 70.1 Å². The Kier molecular flexibility index (Phi) is 10.4. The number of rotatable bonds is 8. The molecule has 0 spiro atoms. The Balaban J connectivity index is 0.998. The average molecular weight is 739 g/mol. The Morgan fingerprint density at radius 1 is 0.614 bits per heavy atom. The molecule has 3 aliphatic carbocycles. The fourth-order valence-corrected chi connectivity index (χ4v) is 9.33. The molecule has 6 aromatic carbocycles. The summed E-state index contributed by atoms with van der Waals surface area (Å²) in [5.41, 5.74) is 15.6. The zero-order chi connectivity index (χ0) is 38.6. The third-order valence-electron chi connectivity index (χ3n) is 12.4. The summed E-state index contributed by atoms with van der Waals surface area (Å²) in [6, 6.07) is 49.3. The van der Waals surface area contributed by atoms with Gasteiger partial charge in [0.2, 0.25) is 0 Å². The lowest BCUT2D eigenvalue weighted by atomic mass is 9.65. The maximum absolute atomic E-state index is 5.18. The molecule has 1 saturated carbocycles. The zero-order valence-electron chi connectivity index (χ0n) is 33.1. The van der Waals surface area contributed by atoms with Crippen LogP contribution in [0.4, 0.5) is 0 Å². The molecule has 0 amide bonds. The predicted octanol–water partition coefficient (Wildman–Crippen LogP) is 14.5. The maximum atomic E-state index is 5.18. The van der Waals surface area contributed by atoms with Gasteiger partial charge < -0.3 is 0 Å². The monoisotopic (exact) mass is 738 g/mol. The van der Waals surface area contributed by atoms with Crippen molar-refractivity contribution in [3.63, 3.8) is 0 Å². The van der Waals surface area contributed by atoms with Gasteiger partial charge in [-0.05, 0) is 112 Å². The molecule has 9 rings (SSSR count). The Bertz CT molecular complexity index is 2600. The number of nitrogens with zero attached hydrogens (tertiary/aromatic N) is 2. The van der Waals surface area contributed by atoms with Crippen molar-refractivity contribution in [3.05, 3.63) is 203 Å². The third-order valence-corrected chi connectivity index (χ3v) is 12.4. The first-order valence-electron chi connectivity index (χ1n) is 20.8. The van der Waals surface area contributed by atoms with E-state index in [2.05, 4.69) is 177 Å². The van der Waals surface area contributed by atoms with E-state index in [-0.39, 0.29) is 5.41 Å². The highest BCUT2D eigenvalue weighted by Gasteiger charge is 2.35. The Labute approximate surface area is 338 Å². The van der Waals surface area contributed by atoms with E-state index in [0.29, 0.717) is 5.84 Å². The Morgan fingerprint density at radius 2 is 1.33 bits per heavy atom. The normalized spacial score (nSPS) is 16.6. The minimum Gasteiger partial charge on any atom is -0.233 e. The molecule has 1 fully saturated rings. The summed E-state index contributed by atoms with van der Waals surface area (Å²) in [4.78, 5) is 10.3. The molecule has 0 saturated heterocycles. The third kappa shape index (κ3) is 7.45. The Hall–Kier alpha value is -6.12. The van der Waals surface area contributed by atoms with Crippen LogP contribution in [-0.4, -0.2) is 11.5 Å². The number of allylic oxidation sites excluding steroid dienone is 3. The minimum absolute atomic E-state index is 0.0140. The van der Waals surface area contributed by atoms with Crippen LogP contribution in [-0.2, 0) is 11.8 Å². The highest BCUT2D eigenvalue weighted by atomic mass is 14.9. The van der Waals surface area contributed by atoms with Gasteiger partial charge in [0, 0.05) is 22.3 Å². The van der Waals surface area contributed by atoms with E-state index in [1.54, 1.807) is 0 Å². The van der Waals surface area contributed by atoms with Gasteiger partial charge in [0.15, 0.2) is 5.84 Å². The molecule has 6 aromatic rings. The van der Waals surface area contributed by atoms with Gasteiger partial charge in [-0.3, -0.25) is 0 Å². The second kappa shape index (κ2) is 16.2. The lowest BCUT2D eigenvalue weighted by Gasteiger charge is -2.39. The van der Waals surface area contributed by atoms with Gasteiger partial charge in [0.25, 0.3) is 0 Å². The van der Waals surface area contributed by atoms with Crippen molar-refractivity contribution >= 4 is 34.1 Å². The van der Waals surface area contributed by atoms with E-state index in [4.69, 9.17) is 9.98 Å². The summed E-state index contributed by atoms with van der Waals surface area (Å²) in [5.74, 6) is 0.708. The van der Waals surface area contributed by atoms with Crippen LogP contribution in [0.3, 0.4) is 0 Å². The van der Waals surface area contributed by atoms with Gasteiger partial charge in [-0.1, -0.05) is 184 Å². The molecule has 0 radical (unpaired) electrons. The minimum atomic E-state index is -0.0140. The summed E-state index contributed by atoms with van der Waals surface area (Å²) in [6.45, 7) is 6.57. The molecule has 2 nitrogen and oxygen atoms in total. The van der Waals surface area contributed by atoms with Gasteiger partial charge in [-0.25, -0.2) is 9.98 Å². The van der Waals surface area contributed by atoms with Crippen molar-refractivity contribution in [2.24, 2.45) is 9.98 Å². The number of hydrogen-bond acceptors (Lipinski definition) is 1. The molecule has 0 atom stereocenters. The van der Waals surface area contributed by atoms with Gasteiger partial charge in [0.1, 0.15) is 0 Å². The van der Waals surface area contributed by atoms with Crippen molar-refractivity contribution < 1.29 is 0 Å². The van der Waals surface area contributed by atoms with Crippen molar-refractivity contribution in [3.8, 4) is 22.3 Å². The van der Waals surface area contributed by atoms with Crippen molar-refractivity contribution in [1.29, 1.82) is 0 Å². The highest BCUT2D eigenvalue weighted by Crippen LogP contribution is 2.46. The summed E-state index contributed by atoms with van der Waals surface area (Å²) < 4.78 is 0. The second-order valence-electron chi connectivity index (χ2n) is 15.9. The largest absolute Gasteiger partial charge is 0.233 e. The fraction of sp³-hybridized carbons (Fsp3) is 0.200. The van der Waals surface area contributed by atoms with Gasteiger partial charge in [-0.2, -0.15) is 0 Å². The van der Waals surface area contributed by atoms with Crippen LogP contribution in [0.25, 0.3) is 44.8 Å². The maximum Gasteiger partial charge on any atom is 0.159 e. The number of hydrogen-bond donors (Lipinski definition) is 0. The lowest BCUT2D eigenvalue weighted by Crippen LogP contribution is -2.30. The molecule has 0 bridgehead atoms. The molecular weight excluding hydrogens is 689 g/mol. The van der Waals surface area contributed by atoms with Crippen LogP contribution in [0.1, 0.15) is 91.7 Å². The van der Waals surface area contributed by atoms with Crippen molar-refractivity contribution in [1.82, 2.24) is 0 Å². The van der Waals surface area contributed by atoms with E-state index in [1.165, 1.54) is 74.5 Å². The van der Waals surface area contributed by atoms with Crippen LogP contribution >= 0.6 is 0 Å². The first-order valence-corrected chi connectivity index (χ1v) is 20.8. The molecule has 3 aliphatic rings. The number of fused-ring (bicyclic) bond motifs is 2. The fourth-order valence-electron chi connectivity index (χ4n) is 9.33. The quantitative estimate of drug-likeness (QED) is 0.110. The molecule has 0 heterocycles. The predicted molar refractivity (Wildman–Crippen MR) is 244 cm³/mol. The van der Waals surface area contributed by atoms with E-state index in [1.807, 2.05) is 0 Å².